The topological polar surface area (TPSA) is 90.7 Å². The average molecular weight is 205 g/mol. The number of aryl methyl sites for hydroxylation is 1. The third kappa shape index (κ3) is 2.35. The van der Waals surface area contributed by atoms with Gasteiger partial charge in [0.15, 0.2) is 5.82 Å². The molecule has 6 heteroatoms. The molecule has 2 aromatic heterocycles. The normalized spacial score (nSPS) is 10.5. The van der Waals surface area contributed by atoms with Gasteiger partial charge in [0.2, 0.25) is 0 Å². The second kappa shape index (κ2) is 4.61. The van der Waals surface area contributed by atoms with Gasteiger partial charge in [0.25, 0.3) is 5.89 Å². The molecule has 0 radical (unpaired) electrons. The third-order valence-corrected chi connectivity index (χ3v) is 1.90. The van der Waals surface area contributed by atoms with Gasteiger partial charge >= 0.3 is 0 Å². The van der Waals surface area contributed by atoms with Crippen LogP contribution in [0.3, 0.4) is 0 Å². The Hall–Kier alpha value is -1.82. The van der Waals surface area contributed by atoms with Crippen LogP contribution < -0.4 is 5.73 Å². The zero-order chi connectivity index (χ0) is 10.5. The standard InChI is InChI=1S/C9H11N5O/c10-4-1-2-8-13-9(15-14-8)7-3-5-11-12-6-7/h3,5-6H,1-2,4,10H2. The highest BCUT2D eigenvalue weighted by atomic mass is 16.5. The highest BCUT2D eigenvalue weighted by Crippen LogP contribution is 2.14. The lowest BCUT2D eigenvalue weighted by Crippen LogP contribution is -2.01. The first-order chi connectivity index (χ1) is 7.40. The summed E-state index contributed by atoms with van der Waals surface area (Å²) in [6.45, 7) is 0.626. The molecule has 2 heterocycles. The smallest absolute Gasteiger partial charge is 0.259 e. The van der Waals surface area contributed by atoms with Gasteiger partial charge in [0.1, 0.15) is 0 Å². The van der Waals surface area contributed by atoms with Crippen molar-refractivity contribution in [3.63, 3.8) is 0 Å². The Balaban J connectivity index is 2.14. The highest BCUT2D eigenvalue weighted by Gasteiger charge is 2.07. The van der Waals surface area contributed by atoms with Gasteiger partial charge in [-0.15, -0.1) is 0 Å². The van der Waals surface area contributed by atoms with Crippen LogP contribution in [0.4, 0.5) is 0 Å². The SMILES string of the molecule is NCCCc1noc(-c2ccnnc2)n1. The maximum Gasteiger partial charge on any atom is 0.259 e. The van der Waals surface area contributed by atoms with Crippen LogP contribution in [0.5, 0.6) is 0 Å². The van der Waals surface area contributed by atoms with Crippen molar-refractivity contribution >= 4 is 0 Å². The lowest BCUT2D eigenvalue weighted by atomic mass is 10.3. The van der Waals surface area contributed by atoms with Crippen LogP contribution in [0.2, 0.25) is 0 Å². The Morgan fingerprint density at radius 3 is 3.00 bits per heavy atom. The molecule has 0 aliphatic heterocycles. The van der Waals surface area contributed by atoms with E-state index in [1.165, 1.54) is 0 Å². The maximum absolute atomic E-state index is 5.39. The Morgan fingerprint density at radius 2 is 2.27 bits per heavy atom. The minimum Gasteiger partial charge on any atom is -0.334 e. The molecule has 2 N–H and O–H groups in total. The number of nitrogens with two attached hydrogens (primary N) is 1. The highest BCUT2D eigenvalue weighted by molar-refractivity contribution is 5.49. The van der Waals surface area contributed by atoms with Crippen LogP contribution in [0.25, 0.3) is 11.5 Å². The van der Waals surface area contributed by atoms with Gasteiger partial charge in [-0.05, 0) is 19.0 Å². The zero-order valence-electron chi connectivity index (χ0n) is 8.13. The summed E-state index contributed by atoms with van der Waals surface area (Å²) < 4.78 is 5.08. The van der Waals surface area contributed by atoms with E-state index in [1.807, 2.05) is 0 Å². The molecule has 78 valence electrons. The number of nitrogens with zero attached hydrogens (tertiary/aromatic N) is 4. The average Bonchev–Trinajstić information content (AvgIpc) is 2.76. The predicted molar refractivity (Wildman–Crippen MR) is 52.7 cm³/mol. The lowest BCUT2D eigenvalue weighted by Gasteiger charge is -1.89. The Labute approximate surface area is 86.5 Å². The number of hydrogen-bond acceptors (Lipinski definition) is 6. The van der Waals surface area contributed by atoms with Crippen LogP contribution in [0, 0.1) is 0 Å². The number of aromatic nitrogens is 4. The van der Waals surface area contributed by atoms with Crippen LogP contribution in [0.15, 0.2) is 23.0 Å². The fourth-order valence-corrected chi connectivity index (χ4v) is 1.15. The van der Waals surface area contributed by atoms with Crippen LogP contribution in [-0.4, -0.2) is 26.9 Å². The molecule has 6 nitrogen and oxygen atoms in total. The molecule has 0 spiro atoms. The van der Waals surface area contributed by atoms with Crippen molar-refractivity contribution in [3.8, 4) is 11.5 Å². The van der Waals surface area contributed by atoms with E-state index in [-0.39, 0.29) is 0 Å². The van der Waals surface area contributed by atoms with Gasteiger partial charge in [0, 0.05) is 6.42 Å². The first-order valence-corrected chi connectivity index (χ1v) is 4.70. The summed E-state index contributed by atoms with van der Waals surface area (Å²) in [6.07, 6.45) is 4.76. The molecule has 15 heavy (non-hydrogen) atoms. The monoisotopic (exact) mass is 205 g/mol. The number of rotatable bonds is 4. The molecule has 0 atom stereocenters. The molecule has 0 bridgehead atoms. The van der Waals surface area contributed by atoms with Crippen LogP contribution in [0.1, 0.15) is 12.2 Å². The Bertz CT molecular complexity index is 413. The largest absolute Gasteiger partial charge is 0.334 e. The van der Waals surface area contributed by atoms with Crippen molar-refractivity contribution < 1.29 is 4.52 Å². The van der Waals surface area contributed by atoms with E-state index in [4.69, 9.17) is 10.3 Å². The van der Waals surface area contributed by atoms with Gasteiger partial charge < -0.3 is 10.3 Å². The van der Waals surface area contributed by atoms with Crippen molar-refractivity contribution in [2.24, 2.45) is 5.73 Å². The summed E-state index contributed by atoms with van der Waals surface area (Å²) >= 11 is 0. The van der Waals surface area contributed by atoms with Crippen molar-refractivity contribution in [3.05, 3.63) is 24.3 Å². The summed E-state index contributed by atoms with van der Waals surface area (Å²) in [5.74, 6) is 1.14. The van der Waals surface area contributed by atoms with E-state index in [1.54, 1.807) is 18.5 Å². The van der Waals surface area contributed by atoms with Crippen molar-refractivity contribution in [2.45, 2.75) is 12.8 Å². The first kappa shape index (κ1) is 9.72. The molecular formula is C9H11N5O. The molecule has 0 fully saturated rings. The second-order valence-electron chi connectivity index (χ2n) is 3.04. The Kier molecular flexibility index (Phi) is 2.99. The molecular weight excluding hydrogens is 194 g/mol. The van der Waals surface area contributed by atoms with Crippen molar-refractivity contribution in [2.75, 3.05) is 6.54 Å². The minimum atomic E-state index is 0.469. The molecule has 0 aromatic carbocycles. The minimum absolute atomic E-state index is 0.469. The maximum atomic E-state index is 5.39. The van der Waals surface area contributed by atoms with E-state index >= 15 is 0 Å². The van der Waals surface area contributed by atoms with Crippen molar-refractivity contribution in [1.29, 1.82) is 0 Å². The lowest BCUT2D eigenvalue weighted by molar-refractivity contribution is 0.421. The van der Waals surface area contributed by atoms with Gasteiger partial charge in [-0.2, -0.15) is 15.2 Å². The summed E-state index contributed by atoms with van der Waals surface area (Å²) in [5.41, 5.74) is 6.16. The predicted octanol–water partition coefficient (Wildman–Crippen LogP) is 0.418. The zero-order valence-corrected chi connectivity index (χ0v) is 8.13. The Morgan fingerprint density at radius 1 is 1.33 bits per heavy atom. The van der Waals surface area contributed by atoms with Gasteiger partial charge in [-0.25, -0.2) is 0 Å². The van der Waals surface area contributed by atoms with Crippen molar-refractivity contribution in [1.82, 2.24) is 20.3 Å². The van der Waals surface area contributed by atoms with E-state index in [2.05, 4.69) is 20.3 Å². The molecule has 2 rings (SSSR count). The summed E-state index contributed by atoms with van der Waals surface area (Å²) in [4.78, 5) is 4.22. The first-order valence-electron chi connectivity index (χ1n) is 4.70. The molecule has 0 unspecified atom stereocenters. The molecule has 0 aliphatic carbocycles. The summed E-state index contributed by atoms with van der Waals surface area (Å²) in [6, 6.07) is 1.77. The van der Waals surface area contributed by atoms with Gasteiger partial charge in [-0.1, -0.05) is 5.16 Å². The third-order valence-electron chi connectivity index (χ3n) is 1.90. The van der Waals surface area contributed by atoms with Gasteiger partial charge in [0.05, 0.1) is 18.0 Å². The molecule has 0 saturated carbocycles. The fourth-order valence-electron chi connectivity index (χ4n) is 1.15. The second-order valence-corrected chi connectivity index (χ2v) is 3.04. The van der Waals surface area contributed by atoms with Crippen LogP contribution in [-0.2, 0) is 6.42 Å². The quantitative estimate of drug-likeness (QED) is 0.777. The summed E-state index contributed by atoms with van der Waals surface area (Å²) in [7, 11) is 0. The van der Waals surface area contributed by atoms with E-state index in [0.717, 1.165) is 18.4 Å². The summed E-state index contributed by atoms with van der Waals surface area (Å²) in [5, 5.41) is 11.2. The molecule has 0 saturated heterocycles. The molecule has 0 aliphatic rings. The fraction of sp³-hybridized carbons (Fsp3) is 0.333. The van der Waals surface area contributed by atoms with Gasteiger partial charge in [-0.3, -0.25) is 0 Å². The molecule has 0 amide bonds. The van der Waals surface area contributed by atoms with E-state index < -0.39 is 0 Å². The van der Waals surface area contributed by atoms with E-state index in [0.29, 0.717) is 18.3 Å². The van der Waals surface area contributed by atoms with Crippen LogP contribution >= 0.6 is 0 Å². The molecule has 2 aromatic rings. The number of hydrogen-bond donors (Lipinski definition) is 1. The van der Waals surface area contributed by atoms with E-state index in [9.17, 15) is 0 Å².